The third kappa shape index (κ3) is 3.66. The topological polar surface area (TPSA) is 90.1 Å². The second kappa shape index (κ2) is 7.05. The maximum atomic E-state index is 11.9. The summed E-state index contributed by atoms with van der Waals surface area (Å²) in [6, 6.07) is 12.6. The summed E-state index contributed by atoms with van der Waals surface area (Å²) in [7, 11) is 0. The van der Waals surface area contributed by atoms with Crippen LogP contribution in [0.25, 0.3) is 5.69 Å². The smallest absolute Gasteiger partial charge is 0.324 e. The van der Waals surface area contributed by atoms with E-state index in [-0.39, 0.29) is 10.9 Å². The lowest BCUT2D eigenvalue weighted by molar-refractivity contribution is -0.380. The Morgan fingerprint density at radius 2 is 2.04 bits per heavy atom. The monoisotopic (exact) mass is 342 g/mol. The normalized spacial score (nSPS) is 10.5. The highest BCUT2D eigenvalue weighted by molar-refractivity contribution is 7.17. The quantitative estimate of drug-likeness (QED) is 0.551. The van der Waals surface area contributed by atoms with Crippen LogP contribution in [0, 0.1) is 10.1 Å². The first-order valence-electron chi connectivity index (χ1n) is 7.25. The van der Waals surface area contributed by atoms with Gasteiger partial charge in [0.25, 0.3) is 5.91 Å². The molecule has 1 aromatic carbocycles. The highest BCUT2D eigenvalue weighted by atomic mass is 32.1. The van der Waals surface area contributed by atoms with E-state index in [0.717, 1.165) is 22.6 Å². The first-order valence-corrected chi connectivity index (χ1v) is 8.06. The molecule has 2 heterocycles. The summed E-state index contributed by atoms with van der Waals surface area (Å²) in [5, 5.41) is 17.5. The largest absolute Gasteiger partial charge is 0.351 e. The number of aromatic nitrogens is 2. The summed E-state index contributed by atoms with van der Waals surface area (Å²) < 4.78 is 1.77. The van der Waals surface area contributed by atoms with Gasteiger partial charge in [-0.25, -0.2) is 4.68 Å². The maximum Gasteiger partial charge on any atom is 0.324 e. The number of hydrogen-bond acceptors (Lipinski definition) is 5. The van der Waals surface area contributed by atoms with Gasteiger partial charge in [0.05, 0.1) is 15.5 Å². The van der Waals surface area contributed by atoms with Crippen LogP contribution in [0.1, 0.15) is 15.2 Å². The highest BCUT2D eigenvalue weighted by Gasteiger charge is 2.14. The number of nitro groups is 1. The molecule has 0 bridgehead atoms. The highest BCUT2D eigenvalue weighted by Crippen LogP contribution is 2.23. The van der Waals surface area contributed by atoms with Crippen molar-refractivity contribution in [2.75, 3.05) is 6.54 Å². The molecule has 0 atom stereocenters. The van der Waals surface area contributed by atoms with Gasteiger partial charge in [-0.15, -0.1) is 0 Å². The predicted molar refractivity (Wildman–Crippen MR) is 90.6 cm³/mol. The minimum atomic E-state index is -0.497. The van der Waals surface area contributed by atoms with Crippen molar-refractivity contribution in [3.63, 3.8) is 0 Å². The Balaban J connectivity index is 1.52. The van der Waals surface area contributed by atoms with Crippen LogP contribution in [0.4, 0.5) is 5.00 Å². The number of carbonyl (C=O) groups is 1. The summed E-state index contributed by atoms with van der Waals surface area (Å²) in [4.78, 5) is 22.4. The van der Waals surface area contributed by atoms with E-state index in [0.29, 0.717) is 17.8 Å². The van der Waals surface area contributed by atoms with Gasteiger partial charge in [0.2, 0.25) is 0 Å². The first-order chi connectivity index (χ1) is 11.6. The van der Waals surface area contributed by atoms with Crippen molar-refractivity contribution in [1.29, 1.82) is 0 Å². The molecule has 0 spiro atoms. The summed E-state index contributed by atoms with van der Waals surface area (Å²) >= 11 is 0.875. The minimum Gasteiger partial charge on any atom is -0.351 e. The molecule has 0 fully saturated rings. The number of carbonyl (C=O) groups excluding carboxylic acids is 1. The molecule has 0 saturated heterocycles. The van der Waals surface area contributed by atoms with Crippen molar-refractivity contribution in [2.24, 2.45) is 0 Å². The number of nitrogens with one attached hydrogen (secondary N) is 1. The van der Waals surface area contributed by atoms with E-state index in [2.05, 4.69) is 10.4 Å². The summed E-state index contributed by atoms with van der Waals surface area (Å²) in [5.41, 5.74) is 2.06. The molecule has 2 aromatic heterocycles. The van der Waals surface area contributed by atoms with E-state index >= 15 is 0 Å². The van der Waals surface area contributed by atoms with E-state index in [1.165, 1.54) is 12.1 Å². The van der Waals surface area contributed by atoms with Crippen LogP contribution >= 0.6 is 11.3 Å². The Labute approximate surface area is 141 Å². The van der Waals surface area contributed by atoms with E-state index in [1.807, 2.05) is 36.5 Å². The lowest BCUT2D eigenvalue weighted by Crippen LogP contribution is -2.24. The maximum absolute atomic E-state index is 11.9. The molecule has 3 rings (SSSR count). The Morgan fingerprint density at radius 3 is 2.67 bits per heavy atom. The number of thiophene rings is 1. The molecule has 0 saturated carbocycles. The van der Waals surface area contributed by atoms with Gasteiger partial charge in [0.1, 0.15) is 0 Å². The molecule has 0 aliphatic heterocycles. The number of amides is 1. The van der Waals surface area contributed by atoms with Crippen LogP contribution < -0.4 is 5.32 Å². The number of hydrogen-bond donors (Lipinski definition) is 1. The fourth-order valence-corrected chi connectivity index (χ4v) is 2.93. The van der Waals surface area contributed by atoms with Crippen LogP contribution in [-0.4, -0.2) is 27.2 Å². The number of rotatable bonds is 6. The fourth-order valence-electron chi connectivity index (χ4n) is 2.19. The molecule has 0 aliphatic rings. The third-order valence-electron chi connectivity index (χ3n) is 3.40. The van der Waals surface area contributed by atoms with E-state index in [1.54, 1.807) is 10.9 Å². The fraction of sp³-hybridized carbons (Fsp3) is 0.125. The molecule has 1 N–H and O–H groups in total. The van der Waals surface area contributed by atoms with Crippen molar-refractivity contribution in [3.05, 3.63) is 75.4 Å². The second-order valence-electron chi connectivity index (χ2n) is 5.02. The minimum absolute atomic E-state index is 0.0330. The first kappa shape index (κ1) is 15.9. The molecule has 0 radical (unpaired) electrons. The van der Waals surface area contributed by atoms with E-state index in [9.17, 15) is 14.9 Å². The molecule has 0 aliphatic carbocycles. The van der Waals surface area contributed by atoms with Gasteiger partial charge in [-0.3, -0.25) is 14.9 Å². The summed E-state index contributed by atoms with van der Waals surface area (Å²) in [6.45, 7) is 0.464. The van der Waals surface area contributed by atoms with Gasteiger partial charge in [-0.1, -0.05) is 23.5 Å². The number of nitrogens with zero attached hydrogens (tertiary/aromatic N) is 3. The Kier molecular flexibility index (Phi) is 4.66. The molecule has 7 nitrogen and oxygen atoms in total. The van der Waals surface area contributed by atoms with Crippen LogP contribution in [-0.2, 0) is 6.42 Å². The predicted octanol–water partition coefficient (Wildman–Crippen LogP) is 2.81. The standard InChI is InChI=1S/C16H14N4O3S/c21-16(14-6-7-15(24-14)20(22)23)17-10-8-12-2-4-13(5-3-12)19-11-1-9-18-19/h1-7,9,11H,8,10H2,(H,17,21). The molecular formula is C16H14N4O3S. The van der Waals surface area contributed by atoms with Crippen LogP contribution in [0.3, 0.4) is 0 Å². The molecule has 8 heteroatoms. The molecular weight excluding hydrogens is 328 g/mol. The summed E-state index contributed by atoms with van der Waals surface area (Å²) in [5.74, 6) is -0.290. The Hall–Kier alpha value is -3.00. The molecule has 24 heavy (non-hydrogen) atoms. The molecule has 1 amide bonds. The van der Waals surface area contributed by atoms with Crippen molar-refractivity contribution in [2.45, 2.75) is 6.42 Å². The second-order valence-corrected chi connectivity index (χ2v) is 6.08. The van der Waals surface area contributed by atoms with Gasteiger partial charge in [0.15, 0.2) is 0 Å². The van der Waals surface area contributed by atoms with Crippen LogP contribution in [0.5, 0.6) is 0 Å². The average molecular weight is 342 g/mol. The zero-order valence-corrected chi connectivity index (χ0v) is 13.4. The summed E-state index contributed by atoms with van der Waals surface area (Å²) in [6.07, 6.45) is 4.27. The molecule has 3 aromatic rings. The molecule has 0 unspecified atom stereocenters. The Bertz CT molecular complexity index is 841. The average Bonchev–Trinajstić information content (AvgIpc) is 3.27. The van der Waals surface area contributed by atoms with Crippen LogP contribution in [0.15, 0.2) is 54.9 Å². The van der Waals surface area contributed by atoms with Crippen molar-refractivity contribution in [1.82, 2.24) is 15.1 Å². The Morgan fingerprint density at radius 1 is 1.25 bits per heavy atom. The van der Waals surface area contributed by atoms with Crippen molar-refractivity contribution in [3.8, 4) is 5.69 Å². The van der Waals surface area contributed by atoms with Gasteiger partial charge in [0, 0.05) is 25.0 Å². The van der Waals surface area contributed by atoms with Gasteiger partial charge in [-0.2, -0.15) is 5.10 Å². The van der Waals surface area contributed by atoms with Crippen molar-refractivity contribution >= 4 is 22.2 Å². The SMILES string of the molecule is O=C(NCCc1ccc(-n2cccn2)cc1)c1ccc([N+](=O)[O-])s1. The lowest BCUT2D eigenvalue weighted by atomic mass is 10.1. The molecule has 122 valence electrons. The van der Waals surface area contributed by atoms with Crippen molar-refractivity contribution < 1.29 is 9.72 Å². The lowest BCUT2D eigenvalue weighted by Gasteiger charge is -2.05. The van der Waals surface area contributed by atoms with E-state index in [4.69, 9.17) is 0 Å². The van der Waals surface area contributed by atoms with E-state index < -0.39 is 4.92 Å². The number of benzene rings is 1. The zero-order valence-electron chi connectivity index (χ0n) is 12.6. The van der Waals surface area contributed by atoms with Gasteiger partial charge in [-0.05, 0) is 36.2 Å². The van der Waals surface area contributed by atoms with Gasteiger partial charge >= 0.3 is 5.00 Å². The zero-order chi connectivity index (χ0) is 16.9. The third-order valence-corrected chi connectivity index (χ3v) is 4.44. The van der Waals surface area contributed by atoms with Crippen LogP contribution in [0.2, 0.25) is 0 Å². The van der Waals surface area contributed by atoms with Gasteiger partial charge < -0.3 is 5.32 Å².